The number of nitrogens with one attached hydrogen (secondary N) is 2. The zero-order valence-corrected chi connectivity index (χ0v) is 14.6. The highest BCUT2D eigenvalue weighted by Crippen LogP contribution is 2.34. The summed E-state index contributed by atoms with van der Waals surface area (Å²) in [5, 5.41) is 4.33. The van der Waals surface area contributed by atoms with Crippen molar-refractivity contribution < 1.29 is 31.9 Å². The maximum absolute atomic E-state index is 13.0. The fourth-order valence-corrected chi connectivity index (χ4v) is 2.61. The Labute approximate surface area is 161 Å². The van der Waals surface area contributed by atoms with Crippen molar-refractivity contribution in [3.63, 3.8) is 0 Å². The quantitative estimate of drug-likeness (QED) is 0.464. The maximum atomic E-state index is 13.0. The molecule has 2 aromatic rings. The molecule has 6 nitrogen and oxygen atoms in total. The van der Waals surface area contributed by atoms with Crippen LogP contribution in [0.5, 0.6) is 0 Å². The molecule has 0 unspecified atom stereocenters. The monoisotopic (exact) mass is 407 g/mol. The van der Waals surface area contributed by atoms with E-state index in [1.165, 1.54) is 30.3 Å². The Morgan fingerprint density at radius 1 is 1.07 bits per heavy atom. The summed E-state index contributed by atoms with van der Waals surface area (Å²) >= 11 is 0. The van der Waals surface area contributed by atoms with Gasteiger partial charge < -0.3 is 10.6 Å². The molecule has 3 rings (SSSR count). The second-order valence-corrected chi connectivity index (χ2v) is 6.02. The maximum Gasteiger partial charge on any atom is 0.418 e. The van der Waals surface area contributed by atoms with Crippen molar-refractivity contribution >= 4 is 29.6 Å². The van der Waals surface area contributed by atoms with Crippen LogP contribution in [0.3, 0.4) is 0 Å². The Hall–Kier alpha value is -3.69. The topological polar surface area (TPSA) is 78.5 Å². The molecule has 2 aromatic carbocycles. The summed E-state index contributed by atoms with van der Waals surface area (Å²) in [4.78, 5) is 37.0. The van der Waals surface area contributed by atoms with E-state index >= 15 is 0 Å². The summed E-state index contributed by atoms with van der Waals surface area (Å²) in [5.74, 6) is -2.29. The minimum Gasteiger partial charge on any atom is -0.324 e. The lowest BCUT2D eigenvalue weighted by atomic mass is 10.1. The molecule has 1 saturated heterocycles. The van der Waals surface area contributed by atoms with Gasteiger partial charge >= 0.3 is 12.2 Å². The van der Waals surface area contributed by atoms with Crippen LogP contribution in [0.4, 0.5) is 28.0 Å². The summed E-state index contributed by atoms with van der Waals surface area (Å²) in [7, 11) is 0. The summed E-state index contributed by atoms with van der Waals surface area (Å²) in [6, 6.07) is 8.52. The third-order valence-electron chi connectivity index (χ3n) is 3.95. The summed E-state index contributed by atoms with van der Waals surface area (Å²) < 4.78 is 51.9. The molecule has 2 N–H and O–H groups in total. The highest BCUT2D eigenvalue weighted by atomic mass is 19.4. The first kappa shape index (κ1) is 20.1. The number of halogens is 4. The van der Waals surface area contributed by atoms with Crippen molar-refractivity contribution in [3.8, 4) is 0 Å². The number of hydrogen-bond donors (Lipinski definition) is 2. The van der Waals surface area contributed by atoms with Gasteiger partial charge in [-0.15, -0.1) is 0 Å². The molecule has 0 aliphatic carbocycles. The minimum absolute atomic E-state index is 0.148. The zero-order valence-electron chi connectivity index (χ0n) is 14.6. The fraction of sp³-hybridized carbons (Fsp3) is 0.105. The molecule has 0 aromatic heterocycles. The molecule has 1 heterocycles. The number of hydrogen-bond acceptors (Lipinski definition) is 3. The summed E-state index contributed by atoms with van der Waals surface area (Å²) in [5.41, 5.74) is -1.26. The van der Waals surface area contributed by atoms with E-state index in [2.05, 4.69) is 10.6 Å². The van der Waals surface area contributed by atoms with Crippen LogP contribution >= 0.6 is 0 Å². The van der Waals surface area contributed by atoms with Crippen molar-refractivity contribution in [3.05, 3.63) is 71.2 Å². The lowest BCUT2D eigenvalue weighted by molar-refractivity contribution is -0.137. The number of rotatable bonds is 4. The largest absolute Gasteiger partial charge is 0.418 e. The number of urea groups is 1. The molecule has 0 bridgehead atoms. The van der Waals surface area contributed by atoms with Crippen LogP contribution in [0.1, 0.15) is 11.1 Å². The van der Waals surface area contributed by atoms with Crippen molar-refractivity contribution in [1.29, 1.82) is 0 Å². The highest BCUT2D eigenvalue weighted by molar-refractivity contribution is 6.15. The number of carbonyl (C=O) groups excluding carboxylic acids is 3. The Morgan fingerprint density at radius 2 is 1.72 bits per heavy atom. The lowest BCUT2D eigenvalue weighted by Gasteiger charge is -2.15. The average Bonchev–Trinajstić information content (AvgIpc) is 2.90. The number of amides is 4. The van der Waals surface area contributed by atoms with E-state index in [1.54, 1.807) is 0 Å². The molecule has 1 fully saturated rings. The van der Waals surface area contributed by atoms with Gasteiger partial charge in [0, 0.05) is 0 Å². The molecule has 1 aliphatic heterocycles. The third kappa shape index (κ3) is 4.60. The van der Waals surface area contributed by atoms with E-state index in [1.807, 2.05) is 0 Å². The lowest BCUT2D eigenvalue weighted by Crippen LogP contribution is -2.38. The van der Waals surface area contributed by atoms with Crippen LogP contribution in [0.15, 0.2) is 54.2 Å². The SMILES string of the molecule is O=C(CN1C(=O)N/C(=C\c2ccc(F)cc2)C1=O)Nc1ccccc1C(F)(F)F. The number of nitrogens with zero attached hydrogens (tertiary/aromatic N) is 1. The van der Waals surface area contributed by atoms with E-state index in [4.69, 9.17) is 0 Å². The van der Waals surface area contributed by atoms with E-state index in [0.717, 1.165) is 24.3 Å². The van der Waals surface area contributed by atoms with Gasteiger partial charge in [0.25, 0.3) is 5.91 Å². The van der Waals surface area contributed by atoms with Crippen LogP contribution in [-0.4, -0.2) is 29.3 Å². The van der Waals surface area contributed by atoms with E-state index in [-0.39, 0.29) is 5.70 Å². The van der Waals surface area contributed by atoms with Crippen LogP contribution in [-0.2, 0) is 15.8 Å². The van der Waals surface area contributed by atoms with Crippen LogP contribution < -0.4 is 10.6 Å². The molecule has 150 valence electrons. The van der Waals surface area contributed by atoms with Gasteiger partial charge in [-0.25, -0.2) is 14.1 Å². The number of alkyl halides is 3. The molecule has 29 heavy (non-hydrogen) atoms. The first-order valence-corrected chi connectivity index (χ1v) is 8.21. The van der Waals surface area contributed by atoms with Crippen LogP contribution in [0.25, 0.3) is 6.08 Å². The first-order chi connectivity index (χ1) is 13.6. The molecule has 0 radical (unpaired) electrons. The van der Waals surface area contributed by atoms with E-state index in [0.29, 0.717) is 10.5 Å². The van der Waals surface area contributed by atoms with Crippen molar-refractivity contribution in [2.24, 2.45) is 0 Å². The molecule has 0 spiro atoms. The van der Waals surface area contributed by atoms with Gasteiger partial charge in [0.05, 0.1) is 11.3 Å². The van der Waals surface area contributed by atoms with Gasteiger partial charge in [0.15, 0.2) is 0 Å². The Balaban J connectivity index is 1.72. The van der Waals surface area contributed by atoms with E-state index in [9.17, 15) is 31.9 Å². The minimum atomic E-state index is -4.68. The van der Waals surface area contributed by atoms with Gasteiger partial charge in [0.1, 0.15) is 18.1 Å². The number of anilines is 1. The second kappa shape index (κ2) is 7.74. The normalized spacial score (nSPS) is 15.6. The summed E-state index contributed by atoms with van der Waals surface area (Å²) in [6.45, 7) is -0.780. The molecule has 0 saturated carbocycles. The van der Waals surface area contributed by atoms with Gasteiger partial charge in [0.2, 0.25) is 5.91 Å². The van der Waals surface area contributed by atoms with Gasteiger partial charge in [-0.3, -0.25) is 9.59 Å². The van der Waals surface area contributed by atoms with Crippen molar-refractivity contribution in [2.75, 3.05) is 11.9 Å². The van der Waals surface area contributed by atoms with Gasteiger partial charge in [-0.2, -0.15) is 13.2 Å². The smallest absolute Gasteiger partial charge is 0.324 e. The number of benzene rings is 2. The summed E-state index contributed by atoms with van der Waals surface area (Å²) in [6.07, 6.45) is -3.40. The first-order valence-electron chi connectivity index (χ1n) is 8.21. The number of para-hydroxylation sites is 1. The number of imide groups is 1. The van der Waals surface area contributed by atoms with Gasteiger partial charge in [-0.05, 0) is 35.9 Å². The van der Waals surface area contributed by atoms with Crippen LogP contribution in [0, 0.1) is 5.82 Å². The Kier molecular flexibility index (Phi) is 5.35. The Morgan fingerprint density at radius 3 is 2.38 bits per heavy atom. The van der Waals surface area contributed by atoms with Crippen molar-refractivity contribution in [2.45, 2.75) is 6.18 Å². The second-order valence-electron chi connectivity index (χ2n) is 6.02. The molecule has 10 heteroatoms. The molecule has 0 atom stereocenters. The average molecular weight is 407 g/mol. The zero-order chi connectivity index (χ0) is 21.2. The molecule has 4 amide bonds. The predicted molar refractivity (Wildman–Crippen MR) is 94.7 cm³/mol. The molecule has 1 aliphatic rings. The van der Waals surface area contributed by atoms with Crippen LogP contribution in [0.2, 0.25) is 0 Å². The Bertz CT molecular complexity index is 1000. The van der Waals surface area contributed by atoms with Gasteiger partial charge in [-0.1, -0.05) is 24.3 Å². The number of carbonyl (C=O) groups is 3. The fourth-order valence-electron chi connectivity index (χ4n) is 2.61. The third-order valence-corrected chi connectivity index (χ3v) is 3.95. The van der Waals surface area contributed by atoms with Crippen molar-refractivity contribution in [1.82, 2.24) is 10.2 Å². The molecular formula is C19H13F4N3O3. The highest BCUT2D eigenvalue weighted by Gasteiger charge is 2.36. The standard InChI is InChI=1S/C19H13F4N3O3/c20-12-7-5-11(6-8-12)9-15-17(28)26(18(29)25-15)10-16(27)24-14-4-2-1-3-13(14)19(21,22)23/h1-9H,10H2,(H,24,27)(H,25,29)/b15-9-. The molecular weight excluding hydrogens is 394 g/mol. The predicted octanol–water partition coefficient (Wildman–Crippen LogP) is 3.38. The van der Waals surface area contributed by atoms with E-state index < -0.39 is 47.6 Å².